The first kappa shape index (κ1) is 15.0. The molecule has 0 saturated carbocycles. The number of nitrogens with zero attached hydrogens (tertiary/aromatic N) is 3. The fraction of sp³-hybridized carbons (Fsp3) is 0.0556. The standard InChI is InChI=1S/C18H12ClN3O/c1-12(23)17-16(11-20)18(13-5-3-2-4-6-13)22(21-17)15-9-7-14(19)8-10-15/h2-10H,1H3. The number of halogens is 1. The third kappa shape index (κ3) is 2.75. The molecule has 2 aromatic carbocycles. The Kier molecular flexibility index (Phi) is 3.96. The fourth-order valence-corrected chi connectivity index (χ4v) is 2.53. The number of nitriles is 1. The summed E-state index contributed by atoms with van der Waals surface area (Å²) < 4.78 is 1.61. The van der Waals surface area contributed by atoms with Crippen molar-refractivity contribution in [3.63, 3.8) is 0 Å². The first-order chi connectivity index (χ1) is 11.1. The average molecular weight is 322 g/mol. The van der Waals surface area contributed by atoms with Gasteiger partial charge in [-0.05, 0) is 24.3 Å². The first-order valence-electron chi connectivity index (χ1n) is 6.97. The van der Waals surface area contributed by atoms with E-state index < -0.39 is 0 Å². The molecule has 0 N–H and O–H groups in total. The van der Waals surface area contributed by atoms with E-state index >= 15 is 0 Å². The Bertz CT molecular complexity index is 906. The summed E-state index contributed by atoms with van der Waals surface area (Å²) in [4.78, 5) is 11.9. The van der Waals surface area contributed by atoms with Crippen LogP contribution in [-0.2, 0) is 0 Å². The molecule has 0 atom stereocenters. The molecular formula is C18H12ClN3O. The van der Waals surface area contributed by atoms with Crippen LogP contribution in [0.5, 0.6) is 0 Å². The van der Waals surface area contributed by atoms with Crippen LogP contribution in [0, 0.1) is 11.3 Å². The van der Waals surface area contributed by atoms with Crippen molar-refractivity contribution >= 4 is 17.4 Å². The summed E-state index contributed by atoms with van der Waals surface area (Å²) in [5, 5.41) is 14.5. The van der Waals surface area contributed by atoms with Crippen molar-refractivity contribution in [1.29, 1.82) is 5.26 Å². The van der Waals surface area contributed by atoms with Crippen LogP contribution in [0.25, 0.3) is 16.9 Å². The van der Waals surface area contributed by atoms with Gasteiger partial charge in [0.25, 0.3) is 0 Å². The van der Waals surface area contributed by atoms with Crippen LogP contribution in [0.1, 0.15) is 23.0 Å². The zero-order valence-electron chi connectivity index (χ0n) is 12.3. The maximum atomic E-state index is 11.9. The van der Waals surface area contributed by atoms with Crippen molar-refractivity contribution in [3.05, 3.63) is 70.9 Å². The smallest absolute Gasteiger partial charge is 0.181 e. The second-order valence-corrected chi connectivity index (χ2v) is 5.43. The van der Waals surface area contributed by atoms with Gasteiger partial charge in [-0.15, -0.1) is 0 Å². The Morgan fingerprint density at radius 1 is 1.13 bits per heavy atom. The number of aromatic nitrogens is 2. The molecule has 23 heavy (non-hydrogen) atoms. The van der Waals surface area contributed by atoms with Crippen molar-refractivity contribution in [3.8, 4) is 23.0 Å². The van der Waals surface area contributed by atoms with E-state index in [-0.39, 0.29) is 17.0 Å². The van der Waals surface area contributed by atoms with E-state index in [2.05, 4.69) is 11.2 Å². The highest BCUT2D eigenvalue weighted by molar-refractivity contribution is 6.30. The second kappa shape index (κ2) is 6.07. The van der Waals surface area contributed by atoms with E-state index in [4.69, 9.17) is 11.6 Å². The molecule has 0 aliphatic rings. The van der Waals surface area contributed by atoms with Crippen molar-refractivity contribution in [1.82, 2.24) is 9.78 Å². The van der Waals surface area contributed by atoms with Crippen LogP contribution < -0.4 is 0 Å². The summed E-state index contributed by atoms with van der Waals surface area (Å²) in [5.74, 6) is -0.244. The van der Waals surface area contributed by atoms with Crippen LogP contribution in [-0.4, -0.2) is 15.6 Å². The lowest BCUT2D eigenvalue weighted by Gasteiger charge is -2.08. The lowest BCUT2D eigenvalue weighted by Crippen LogP contribution is -2.00. The lowest BCUT2D eigenvalue weighted by atomic mass is 10.0. The molecule has 5 heteroatoms. The van der Waals surface area contributed by atoms with Crippen molar-refractivity contribution in [2.45, 2.75) is 6.92 Å². The molecule has 0 saturated heterocycles. The van der Waals surface area contributed by atoms with Crippen molar-refractivity contribution in [2.24, 2.45) is 0 Å². The minimum absolute atomic E-state index is 0.168. The topological polar surface area (TPSA) is 58.7 Å². The number of Topliss-reactive ketones (excluding diaryl/α,β-unsaturated/α-hetero) is 1. The van der Waals surface area contributed by atoms with Gasteiger partial charge in [0.05, 0.1) is 11.4 Å². The van der Waals surface area contributed by atoms with Crippen LogP contribution in [0.4, 0.5) is 0 Å². The predicted molar refractivity (Wildman–Crippen MR) is 88.7 cm³/mol. The van der Waals surface area contributed by atoms with Crippen LogP contribution in [0.3, 0.4) is 0 Å². The number of benzene rings is 2. The van der Waals surface area contributed by atoms with Crippen LogP contribution >= 0.6 is 11.6 Å². The zero-order valence-corrected chi connectivity index (χ0v) is 13.1. The summed E-state index contributed by atoms with van der Waals surface area (Å²) in [6, 6.07) is 18.6. The van der Waals surface area contributed by atoms with Gasteiger partial charge < -0.3 is 0 Å². The van der Waals surface area contributed by atoms with Gasteiger partial charge in [-0.3, -0.25) is 4.79 Å². The zero-order chi connectivity index (χ0) is 16.4. The predicted octanol–water partition coefficient (Wildman–Crippen LogP) is 4.27. The maximum absolute atomic E-state index is 11.9. The summed E-state index contributed by atoms with van der Waals surface area (Å²) in [5.41, 5.74) is 2.59. The van der Waals surface area contributed by atoms with E-state index in [9.17, 15) is 10.1 Å². The van der Waals surface area contributed by atoms with Gasteiger partial charge >= 0.3 is 0 Å². The first-order valence-corrected chi connectivity index (χ1v) is 7.35. The van der Waals surface area contributed by atoms with Gasteiger partial charge in [0.1, 0.15) is 17.3 Å². The van der Waals surface area contributed by atoms with E-state index in [1.165, 1.54) is 6.92 Å². The van der Waals surface area contributed by atoms with E-state index in [0.717, 1.165) is 11.3 Å². The lowest BCUT2D eigenvalue weighted by molar-refractivity contribution is 0.101. The molecule has 0 aliphatic heterocycles. The van der Waals surface area contributed by atoms with Gasteiger partial charge in [0.15, 0.2) is 5.78 Å². The Balaban J connectivity index is 2.33. The molecule has 0 amide bonds. The maximum Gasteiger partial charge on any atom is 0.181 e. The molecule has 3 rings (SSSR count). The molecule has 112 valence electrons. The van der Waals surface area contributed by atoms with Gasteiger partial charge in [-0.25, -0.2) is 4.68 Å². The number of rotatable bonds is 3. The highest BCUT2D eigenvalue weighted by Crippen LogP contribution is 2.29. The highest BCUT2D eigenvalue weighted by atomic mass is 35.5. The molecule has 0 unspecified atom stereocenters. The normalized spacial score (nSPS) is 10.3. The summed E-state index contributed by atoms with van der Waals surface area (Å²) in [6.45, 7) is 1.41. The molecule has 3 aromatic rings. The summed E-state index contributed by atoms with van der Waals surface area (Å²) >= 11 is 5.93. The Labute approximate surface area is 138 Å². The third-order valence-electron chi connectivity index (χ3n) is 3.45. The number of hydrogen-bond donors (Lipinski definition) is 0. The second-order valence-electron chi connectivity index (χ2n) is 4.99. The highest BCUT2D eigenvalue weighted by Gasteiger charge is 2.22. The minimum atomic E-state index is -0.244. The molecule has 1 aromatic heterocycles. The molecule has 0 aliphatic carbocycles. The SMILES string of the molecule is CC(=O)c1nn(-c2ccc(Cl)cc2)c(-c2ccccc2)c1C#N. The Morgan fingerprint density at radius 3 is 2.35 bits per heavy atom. The molecule has 0 fully saturated rings. The number of hydrogen-bond acceptors (Lipinski definition) is 3. The van der Waals surface area contributed by atoms with Gasteiger partial charge in [-0.2, -0.15) is 10.4 Å². The number of carbonyl (C=O) groups excluding carboxylic acids is 1. The molecule has 0 bridgehead atoms. The largest absolute Gasteiger partial charge is 0.293 e. The quantitative estimate of drug-likeness (QED) is 0.677. The van der Waals surface area contributed by atoms with E-state index in [0.29, 0.717) is 10.7 Å². The Hall–Kier alpha value is -2.90. The van der Waals surface area contributed by atoms with E-state index in [1.807, 2.05) is 30.3 Å². The van der Waals surface area contributed by atoms with Crippen molar-refractivity contribution in [2.75, 3.05) is 0 Å². The number of carbonyl (C=O) groups is 1. The molecule has 4 nitrogen and oxygen atoms in total. The van der Waals surface area contributed by atoms with Gasteiger partial charge in [0, 0.05) is 17.5 Å². The molecule has 1 heterocycles. The fourth-order valence-electron chi connectivity index (χ4n) is 2.40. The number of ketones is 1. The monoisotopic (exact) mass is 321 g/mol. The van der Waals surface area contributed by atoms with Crippen LogP contribution in [0.2, 0.25) is 5.02 Å². The van der Waals surface area contributed by atoms with Crippen LogP contribution in [0.15, 0.2) is 54.6 Å². The Morgan fingerprint density at radius 2 is 1.78 bits per heavy atom. The van der Waals surface area contributed by atoms with Gasteiger partial charge in [0.2, 0.25) is 0 Å². The summed E-state index contributed by atoms with van der Waals surface area (Å²) in [7, 11) is 0. The van der Waals surface area contributed by atoms with Gasteiger partial charge in [-0.1, -0.05) is 41.9 Å². The molecule has 0 radical (unpaired) electrons. The molecular weight excluding hydrogens is 310 g/mol. The van der Waals surface area contributed by atoms with Crippen molar-refractivity contribution < 1.29 is 4.79 Å². The minimum Gasteiger partial charge on any atom is -0.293 e. The molecule has 0 spiro atoms. The van der Waals surface area contributed by atoms with E-state index in [1.54, 1.807) is 28.9 Å². The summed E-state index contributed by atoms with van der Waals surface area (Å²) in [6.07, 6.45) is 0. The third-order valence-corrected chi connectivity index (χ3v) is 3.70. The average Bonchev–Trinajstić information content (AvgIpc) is 2.96.